The lowest BCUT2D eigenvalue weighted by Crippen LogP contribution is -2.38. The van der Waals surface area contributed by atoms with Gasteiger partial charge < -0.3 is 20.3 Å². The first-order valence-corrected chi connectivity index (χ1v) is 9.96. The molecule has 0 radical (unpaired) electrons. The van der Waals surface area contributed by atoms with Crippen LogP contribution in [0.4, 0.5) is 0 Å². The molecule has 0 atom stereocenters. The number of nitrogens with one attached hydrogen (secondary N) is 2. The maximum Gasteiger partial charge on any atom is 0.222 e. The van der Waals surface area contributed by atoms with Gasteiger partial charge >= 0.3 is 0 Å². The second-order valence-corrected chi connectivity index (χ2v) is 7.39. The number of halogens is 1. The van der Waals surface area contributed by atoms with E-state index in [9.17, 15) is 4.79 Å². The van der Waals surface area contributed by atoms with Gasteiger partial charge in [-0.25, -0.2) is 0 Å². The van der Waals surface area contributed by atoms with Gasteiger partial charge in [0.1, 0.15) is 0 Å². The number of carbonyl (C=O) groups is 1. The van der Waals surface area contributed by atoms with Gasteiger partial charge in [-0.15, -0.1) is 24.0 Å². The van der Waals surface area contributed by atoms with Gasteiger partial charge in [0.2, 0.25) is 5.91 Å². The van der Waals surface area contributed by atoms with Gasteiger partial charge in [-0.2, -0.15) is 0 Å². The minimum absolute atomic E-state index is 0. The van der Waals surface area contributed by atoms with Crippen LogP contribution in [0.25, 0.3) is 0 Å². The van der Waals surface area contributed by atoms with E-state index in [0.717, 1.165) is 38.5 Å². The summed E-state index contributed by atoms with van der Waals surface area (Å²) in [5, 5.41) is 6.60. The van der Waals surface area contributed by atoms with Crippen molar-refractivity contribution in [1.29, 1.82) is 0 Å². The first-order valence-electron chi connectivity index (χ1n) is 9.96. The zero-order chi connectivity index (χ0) is 19.5. The lowest BCUT2D eigenvalue weighted by atomic mass is 10.1. The number of likely N-dealkylation sites (tertiary alicyclic amines) is 1. The highest BCUT2D eigenvalue weighted by Crippen LogP contribution is 2.15. The van der Waals surface area contributed by atoms with Crippen molar-refractivity contribution in [2.24, 2.45) is 10.9 Å². The highest BCUT2D eigenvalue weighted by molar-refractivity contribution is 14.0. The van der Waals surface area contributed by atoms with Crippen molar-refractivity contribution < 1.29 is 9.53 Å². The summed E-state index contributed by atoms with van der Waals surface area (Å²) in [5.74, 6) is 1.70. The van der Waals surface area contributed by atoms with Gasteiger partial charge in [-0.1, -0.05) is 38.1 Å². The normalized spacial score (nSPS) is 14.4. The van der Waals surface area contributed by atoms with E-state index in [1.54, 1.807) is 7.05 Å². The third-order valence-corrected chi connectivity index (χ3v) is 4.60. The smallest absolute Gasteiger partial charge is 0.222 e. The Morgan fingerprint density at radius 3 is 2.71 bits per heavy atom. The number of hydrogen-bond acceptors (Lipinski definition) is 3. The third-order valence-electron chi connectivity index (χ3n) is 4.60. The summed E-state index contributed by atoms with van der Waals surface area (Å²) in [7, 11) is 1.77. The molecule has 158 valence electrons. The van der Waals surface area contributed by atoms with Crippen molar-refractivity contribution in [3.05, 3.63) is 35.4 Å². The summed E-state index contributed by atoms with van der Waals surface area (Å²) in [6, 6.07) is 8.37. The van der Waals surface area contributed by atoms with E-state index >= 15 is 0 Å². The average molecular weight is 502 g/mol. The van der Waals surface area contributed by atoms with E-state index in [1.807, 2.05) is 11.0 Å². The zero-order valence-electron chi connectivity index (χ0n) is 17.4. The second kappa shape index (κ2) is 13.8. The van der Waals surface area contributed by atoms with E-state index in [1.165, 1.54) is 11.1 Å². The number of hydrogen-bond donors (Lipinski definition) is 2. The average Bonchev–Trinajstić information content (AvgIpc) is 3.05. The molecule has 1 aromatic carbocycles. The van der Waals surface area contributed by atoms with E-state index in [-0.39, 0.29) is 29.9 Å². The van der Waals surface area contributed by atoms with Crippen LogP contribution in [0.2, 0.25) is 0 Å². The van der Waals surface area contributed by atoms with Crippen LogP contribution < -0.4 is 10.6 Å². The number of nitrogens with zero attached hydrogens (tertiary/aromatic N) is 2. The second-order valence-electron chi connectivity index (χ2n) is 7.39. The Bertz CT molecular complexity index is 622. The molecule has 0 aromatic heterocycles. The Kier molecular flexibility index (Phi) is 12.1. The molecular weight excluding hydrogens is 467 g/mol. The molecule has 0 unspecified atom stereocenters. The maximum atomic E-state index is 11.8. The van der Waals surface area contributed by atoms with Gasteiger partial charge in [0.25, 0.3) is 0 Å². The molecule has 1 saturated heterocycles. The minimum atomic E-state index is 0. The highest BCUT2D eigenvalue weighted by Gasteiger charge is 2.19. The molecule has 28 heavy (non-hydrogen) atoms. The molecule has 1 fully saturated rings. The molecule has 6 nitrogen and oxygen atoms in total. The first kappa shape index (κ1) is 24.7. The van der Waals surface area contributed by atoms with Gasteiger partial charge in [0.15, 0.2) is 5.96 Å². The first-order chi connectivity index (χ1) is 13.1. The lowest BCUT2D eigenvalue weighted by molar-refractivity contribution is -0.128. The number of carbonyl (C=O) groups excluding carboxylic acids is 1. The maximum absolute atomic E-state index is 11.8. The number of rotatable bonds is 10. The van der Waals surface area contributed by atoms with Crippen molar-refractivity contribution >= 4 is 35.8 Å². The summed E-state index contributed by atoms with van der Waals surface area (Å²) in [6.07, 6.45) is 2.75. The zero-order valence-corrected chi connectivity index (χ0v) is 19.7. The predicted molar refractivity (Wildman–Crippen MR) is 125 cm³/mol. The van der Waals surface area contributed by atoms with E-state index < -0.39 is 0 Å². The third kappa shape index (κ3) is 9.23. The van der Waals surface area contributed by atoms with Crippen LogP contribution >= 0.6 is 24.0 Å². The number of benzene rings is 1. The molecule has 1 aliphatic rings. The fourth-order valence-electron chi connectivity index (χ4n) is 3.00. The van der Waals surface area contributed by atoms with E-state index in [4.69, 9.17) is 4.74 Å². The molecule has 0 spiro atoms. The van der Waals surface area contributed by atoms with Crippen LogP contribution in [0, 0.1) is 5.92 Å². The number of guanidine groups is 1. The van der Waals surface area contributed by atoms with Crippen LogP contribution in [0.1, 0.15) is 44.2 Å². The van der Waals surface area contributed by atoms with Gasteiger partial charge in [0.05, 0.1) is 6.61 Å². The van der Waals surface area contributed by atoms with Crippen LogP contribution in [0.3, 0.4) is 0 Å². The molecule has 1 aromatic rings. The van der Waals surface area contributed by atoms with Crippen LogP contribution in [-0.2, 0) is 22.6 Å². The molecule has 7 heteroatoms. The van der Waals surface area contributed by atoms with Crippen molar-refractivity contribution in [3.63, 3.8) is 0 Å². The predicted octanol–water partition coefficient (Wildman–Crippen LogP) is 3.15. The van der Waals surface area contributed by atoms with Gasteiger partial charge in [-0.05, 0) is 29.9 Å². The Morgan fingerprint density at radius 1 is 1.25 bits per heavy atom. The van der Waals surface area contributed by atoms with E-state index in [2.05, 4.69) is 47.7 Å². The summed E-state index contributed by atoms with van der Waals surface area (Å²) >= 11 is 0. The quantitative estimate of drug-likeness (QED) is 0.223. The van der Waals surface area contributed by atoms with Crippen molar-refractivity contribution in [1.82, 2.24) is 15.5 Å². The molecule has 0 aliphatic carbocycles. The standard InChI is InChI=1S/C21H34N4O2.HI/c1-17(2)9-12-27-13-10-23-21(22-3)24-15-18-6-4-7-19(14-18)16-25-11-5-8-20(25)26;/h4,6-7,14,17H,5,8-13,15-16H2,1-3H3,(H2,22,23,24);1H. The van der Waals surface area contributed by atoms with Crippen molar-refractivity contribution in [3.8, 4) is 0 Å². The number of amides is 1. The molecular formula is C21H35IN4O2. The minimum Gasteiger partial charge on any atom is -0.380 e. The number of aliphatic imine (C=N–C) groups is 1. The van der Waals surface area contributed by atoms with Gasteiger partial charge in [0, 0.05) is 46.3 Å². The number of ether oxygens (including phenoxy) is 1. The van der Waals surface area contributed by atoms with Gasteiger partial charge in [-0.3, -0.25) is 9.79 Å². The largest absolute Gasteiger partial charge is 0.380 e. The highest BCUT2D eigenvalue weighted by atomic mass is 127. The Morgan fingerprint density at radius 2 is 2.04 bits per heavy atom. The molecule has 2 N–H and O–H groups in total. The molecule has 0 bridgehead atoms. The lowest BCUT2D eigenvalue weighted by Gasteiger charge is -2.16. The summed E-state index contributed by atoms with van der Waals surface area (Å²) < 4.78 is 5.61. The van der Waals surface area contributed by atoms with Crippen molar-refractivity contribution in [2.45, 2.75) is 46.2 Å². The SMILES string of the molecule is CN=C(NCCOCCC(C)C)NCc1cccc(CN2CCCC2=O)c1.I. The van der Waals surface area contributed by atoms with Crippen LogP contribution in [0.5, 0.6) is 0 Å². The summed E-state index contributed by atoms with van der Waals surface area (Å²) in [5.41, 5.74) is 2.35. The van der Waals surface area contributed by atoms with E-state index in [0.29, 0.717) is 32.0 Å². The monoisotopic (exact) mass is 502 g/mol. The Balaban J connectivity index is 0.00000392. The molecule has 2 rings (SSSR count). The summed E-state index contributed by atoms with van der Waals surface area (Å²) in [4.78, 5) is 18.0. The molecule has 0 saturated carbocycles. The van der Waals surface area contributed by atoms with Crippen LogP contribution in [0.15, 0.2) is 29.3 Å². The van der Waals surface area contributed by atoms with Crippen molar-refractivity contribution in [2.75, 3.05) is 33.4 Å². The topological polar surface area (TPSA) is 66.0 Å². The summed E-state index contributed by atoms with van der Waals surface area (Å²) in [6.45, 7) is 8.87. The molecule has 1 amide bonds. The molecule has 1 heterocycles. The Hall–Kier alpha value is -1.35. The Labute approximate surface area is 186 Å². The van der Waals surface area contributed by atoms with Crippen LogP contribution in [-0.4, -0.2) is 50.1 Å². The fourth-order valence-corrected chi connectivity index (χ4v) is 3.00. The fraction of sp³-hybridized carbons (Fsp3) is 0.619. The molecule has 1 aliphatic heterocycles.